The number of nitrogens with one attached hydrogen (secondary N) is 4. The summed E-state index contributed by atoms with van der Waals surface area (Å²) in [4.78, 5) is 70.7. The van der Waals surface area contributed by atoms with Gasteiger partial charge in [0.2, 0.25) is 29.4 Å². The van der Waals surface area contributed by atoms with E-state index in [9.17, 15) is 46.3 Å². The molecule has 0 aliphatic carbocycles. The molecule has 4 amide bonds. The highest BCUT2D eigenvalue weighted by atomic mass is 32.2. The zero-order valence-corrected chi connectivity index (χ0v) is 39.9. The van der Waals surface area contributed by atoms with Crippen molar-refractivity contribution in [3.05, 3.63) is 95.6 Å². The molecule has 0 radical (unpaired) electrons. The summed E-state index contributed by atoms with van der Waals surface area (Å²) in [5, 5.41) is 22.4. The number of ether oxygens (including phenoxy) is 2. The SMILES string of the molecule is C#CCOc1ccc(S(=O)(=O)OCC(C)(O)C(=O)[C@H](CC(C)C)NC(=O)[C@H](Cc2ccccc2)NC(=O)[C@H](CC(C)C)NC(=O)[C@H](CCc2ccccc2)NC(=O)CN2CCOCC2)c(F)c1F. The van der Waals surface area contributed by atoms with Crippen LogP contribution >= 0.6 is 0 Å². The number of ketones is 1. The Hall–Kier alpha value is -5.78. The van der Waals surface area contributed by atoms with Gasteiger partial charge in [-0.2, -0.15) is 12.8 Å². The Morgan fingerprint density at radius 1 is 0.779 bits per heavy atom. The number of benzene rings is 3. The van der Waals surface area contributed by atoms with Gasteiger partial charge >= 0.3 is 0 Å². The molecule has 0 saturated carbocycles. The number of aliphatic hydroxyl groups is 1. The summed E-state index contributed by atoms with van der Waals surface area (Å²) in [6.07, 6.45) is 5.75. The zero-order chi connectivity index (χ0) is 50.0. The van der Waals surface area contributed by atoms with Crippen molar-refractivity contribution in [2.24, 2.45) is 11.8 Å². The van der Waals surface area contributed by atoms with Crippen molar-refractivity contribution in [3.63, 3.8) is 0 Å². The Morgan fingerprint density at radius 3 is 1.93 bits per heavy atom. The van der Waals surface area contributed by atoms with Crippen LogP contribution in [-0.4, -0.2) is 124 Å². The Balaban J connectivity index is 1.55. The Morgan fingerprint density at radius 2 is 1.32 bits per heavy atom. The summed E-state index contributed by atoms with van der Waals surface area (Å²) in [7, 11) is -5.13. The number of Topliss-reactive ketones (excluding diaryl/α,β-unsaturated/α-hetero) is 1. The molecule has 370 valence electrons. The van der Waals surface area contributed by atoms with Gasteiger partial charge in [0.25, 0.3) is 10.1 Å². The minimum atomic E-state index is -5.13. The van der Waals surface area contributed by atoms with Crippen LogP contribution in [0.15, 0.2) is 77.7 Å². The highest BCUT2D eigenvalue weighted by molar-refractivity contribution is 7.86. The van der Waals surface area contributed by atoms with Gasteiger partial charge in [0.05, 0.1) is 25.8 Å². The number of rotatable bonds is 26. The Labute approximate surface area is 397 Å². The van der Waals surface area contributed by atoms with Gasteiger partial charge in [-0.3, -0.25) is 33.1 Å². The molecule has 68 heavy (non-hydrogen) atoms. The fourth-order valence-corrected chi connectivity index (χ4v) is 8.40. The number of halogens is 2. The maximum absolute atomic E-state index is 14.9. The zero-order valence-electron chi connectivity index (χ0n) is 39.1. The van der Waals surface area contributed by atoms with E-state index in [4.69, 9.17) is 20.1 Å². The number of hydrogen-bond acceptors (Lipinski definition) is 12. The summed E-state index contributed by atoms with van der Waals surface area (Å²) >= 11 is 0. The van der Waals surface area contributed by atoms with Crippen molar-refractivity contribution < 1.29 is 59.9 Å². The van der Waals surface area contributed by atoms with Crippen LogP contribution in [0.25, 0.3) is 0 Å². The lowest BCUT2D eigenvalue weighted by atomic mass is 9.90. The van der Waals surface area contributed by atoms with Gasteiger partial charge in [-0.25, -0.2) is 4.39 Å². The molecule has 16 nitrogen and oxygen atoms in total. The van der Waals surface area contributed by atoms with Crippen molar-refractivity contribution >= 4 is 39.5 Å². The first-order valence-electron chi connectivity index (χ1n) is 22.5. The average Bonchev–Trinajstić information content (AvgIpc) is 3.29. The predicted molar refractivity (Wildman–Crippen MR) is 248 cm³/mol. The van der Waals surface area contributed by atoms with Crippen LogP contribution in [0.3, 0.4) is 0 Å². The van der Waals surface area contributed by atoms with E-state index in [0.29, 0.717) is 44.4 Å². The van der Waals surface area contributed by atoms with Crippen LogP contribution in [0.4, 0.5) is 8.78 Å². The number of morpholine rings is 1. The van der Waals surface area contributed by atoms with Gasteiger partial charge in [0.15, 0.2) is 17.3 Å². The van der Waals surface area contributed by atoms with Crippen molar-refractivity contribution in [1.29, 1.82) is 0 Å². The molecule has 1 aliphatic heterocycles. The fourth-order valence-electron chi connectivity index (χ4n) is 7.35. The molecule has 19 heteroatoms. The fraction of sp³-hybridized carbons (Fsp3) is 0.490. The molecule has 4 rings (SSSR count). The van der Waals surface area contributed by atoms with Crippen LogP contribution in [0, 0.1) is 35.8 Å². The molecule has 1 saturated heterocycles. The second-order valence-electron chi connectivity index (χ2n) is 17.7. The van der Waals surface area contributed by atoms with Gasteiger partial charge in [-0.15, -0.1) is 6.42 Å². The molecule has 3 aromatic rings. The summed E-state index contributed by atoms with van der Waals surface area (Å²) in [6.45, 7) is 8.55. The second kappa shape index (κ2) is 26.1. The van der Waals surface area contributed by atoms with Crippen LogP contribution < -0.4 is 26.0 Å². The van der Waals surface area contributed by atoms with E-state index in [1.807, 2.05) is 49.1 Å². The van der Waals surface area contributed by atoms with Gasteiger partial charge in [0.1, 0.15) is 41.8 Å². The molecule has 1 fully saturated rings. The first-order valence-corrected chi connectivity index (χ1v) is 23.9. The molecule has 5 N–H and O–H groups in total. The van der Waals surface area contributed by atoms with Gasteiger partial charge < -0.3 is 35.8 Å². The van der Waals surface area contributed by atoms with Gasteiger partial charge in [-0.05, 0) is 67.7 Å². The first kappa shape index (κ1) is 54.8. The van der Waals surface area contributed by atoms with E-state index in [1.165, 1.54) is 0 Å². The Bertz CT molecular complexity index is 2320. The van der Waals surface area contributed by atoms with Crippen LogP contribution in [0.5, 0.6) is 5.75 Å². The third-order valence-electron chi connectivity index (χ3n) is 10.9. The van der Waals surface area contributed by atoms with E-state index in [-0.39, 0.29) is 50.0 Å². The van der Waals surface area contributed by atoms with Crippen LogP contribution in [-0.2, 0) is 55.9 Å². The third-order valence-corrected chi connectivity index (χ3v) is 12.2. The smallest absolute Gasteiger partial charge is 0.300 e. The number of nitrogens with zero attached hydrogens (tertiary/aromatic N) is 1. The predicted octanol–water partition coefficient (Wildman–Crippen LogP) is 3.24. The molecule has 1 aliphatic rings. The normalized spacial score (nSPS) is 15.8. The monoisotopic (exact) mass is 967 g/mol. The molecular formula is C49H63F2N5O11S. The number of carbonyl (C=O) groups excluding carboxylic acids is 5. The van der Waals surface area contributed by atoms with E-state index < -0.39 is 98.9 Å². The van der Waals surface area contributed by atoms with Crippen molar-refractivity contribution in [3.8, 4) is 18.1 Å². The molecule has 5 atom stereocenters. The summed E-state index contributed by atoms with van der Waals surface area (Å²) in [5.74, 6) is -6.12. The van der Waals surface area contributed by atoms with Crippen LogP contribution in [0.1, 0.15) is 65.0 Å². The minimum absolute atomic E-state index is 0.0486. The van der Waals surface area contributed by atoms with E-state index in [1.54, 1.807) is 44.2 Å². The lowest BCUT2D eigenvalue weighted by Crippen LogP contribution is -2.60. The highest BCUT2D eigenvalue weighted by Crippen LogP contribution is 2.28. The first-order chi connectivity index (χ1) is 32.2. The third kappa shape index (κ3) is 17.1. The quantitative estimate of drug-likeness (QED) is 0.0579. The van der Waals surface area contributed by atoms with Crippen molar-refractivity contribution in [2.75, 3.05) is 46.1 Å². The number of amides is 4. The molecule has 0 bridgehead atoms. The van der Waals surface area contributed by atoms with Crippen molar-refractivity contribution in [2.45, 2.75) is 101 Å². The number of aryl methyl sites for hydroxylation is 1. The van der Waals surface area contributed by atoms with Gasteiger partial charge in [-0.1, -0.05) is 94.3 Å². The summed E-state index contributed by atoms with van der Waals surface area (Å²) in [6, 6.07) is 14.6. The summed E-state index contributed by atoms with van der Waals surface area (Å²) < 4.78 is 70.8. The van der Waals surface area contributed by atoms with E-state index in [2.05, 4.69) is 27.2 Å². The maximum Gasteiger partial charge on any atom is 0.300 e. The molecule has 0 spiro atoms. The molecular weight excluding hydrogens is 905 g/mol. The minimum Gasteiger partial charge on any atom is -0.478 e. The molecule has 1 heterocycles. The van der Waals surface area contributed by atoms with Crippen LogP contribution in [0.2, 0.25) is 0 Å². The average molecular weight is 968 g/mol. The maximum atomic E-state index is 14.9. The topological polar surface area (TPSA) is 219 Å². The number of terminal acetylenes is 1. The lowest BCUT2D eigenvalue weighted by Gasteiger charge is -2.30. The molecule has 1 unspecified atom stereocenters. The van der Waals surface area contributed by atoms with Gasteiger partial charge in [0, 0.05) is 19.5 Å². The largest absolute Gasteiger partial charge is 0.478 e. The number of carbonyl (C=O) groups is 5. The highest BCUT2D eigenvalue weighted by Gasteiger charge is 2.41. The second-order valence-corrected chi connectivity index (χ2v) is 19.3. The lowest BCUT2D eigenvalue weighted by molar-refractivity contribution is -0.143. The standard InChI is InChI=1S/C49H63F2N5O11S/c1-7-24-66-40-20-21-41(44(51)43(40)50)68(63,64)67-31-49(6,62)45(58)37(27-32(2)3)53-48(61)39(29-35-16-12-9-13-17-35)55-47(60)38(28-33(4)5)54-46(59)36(19-18-34-14-10-8-11-15-34)52-42(57)30-56-22-25-65-26-23-56/h1,8-17,20-21,32-33,36-39,62H,18-19,22-31H2,2-6H3,(H,52,57)(H,53,61)(H,54,59)(H,55,60)/t36-,37-,38-,39-,49?/m0/s1. The molecule has 0 aromatic heterocycles. The number of hydrogen-bond donors (Lipinski definition) is 5. The summed E-state index contributed by atoms with van der Waals surface area (Å²) in [5.41, 5.74) is -1.06. The van der Waals surface area contributed by atoms with Crippen molar-refractivity contribution in [1.82, 2.24) is 26.2 Å². The van der Waals surface area contributed by atoms with E-state index in [0.717, 1.165) is 18.6 Å². The molecule has 3 aromatic carbocycles. The van der Waals surface area contributed by atoms with E-state index >= 15 is 0 Å². The Kier molecular flexibility index (Phi) is 21.0.